The molecule has 0 aliphatic heterocycles. The van der Waals surface area contributed by atoms with Crippen molar-refractivity contribution < 1.29 is 0 Å². The molecule has 0 amide bonds. The van der Waals surface area contributed by atoms with Gasteiger partial charge in [-0.2, -0.15) is 0 Å². The van der Waals surface area contributed by atoms with Crippen molar-refractivity contribution in [2.75, 3.05) is 13.1 Å². The molecule has 0 N–H and O–H groups in total. The molecule has 0 rings (SSSR count). The van der Waals surface area contributed by atoms with Crippen LogP contribution < -0.4 is 0 Å². The summed E-state index contributed by atoms with van der Waals surface area (Å²) in [5, 5.41) is 0. The van der Waals surface area contributed by atoms with Gasteiger partial charge in [-0.25, -0.2) is 0 Å². The Morgan fingerprint density at radius 3 is 1.50 bits per heavy atom. The lowest BCUT2D eigenvalue weighted by molar-refractivity contribution is 0.134. The normalized spacial score (nSPS) is 15.5. The summed E-state index contributed by atoms with van der Waals surface area (Å²) < 4.78 is 0. The standard InChI is InChI=1S/C22H48N2/c1-17(2)14-15-23(18(3)4)22(10)13-11-12-21(9)16-24(19(5)6)20(7)8/h17-22H,11-16H2,1-10H3. The van der Waals surface area contributed by atoms with Gasteiger partial charge in [0.25, 0.3) is 0 Å². The van der Waals surface area contributed by atoms with Gasteiger partial charge >= 0.3 is 0 Å². The molecule has 0 aromatic rings. The van der Waals surface area contributed by atoms with Crippen molar-refractivity contribution in [1.29, 1.82) is 0 Å². The zero-order chi connectivity index (χ0) is 18.9. The molecular weight excluding hydrogens is 292 g/mol. The largest absolute Gasteiger partial charge is 0.298 e. The fourth-order valence-corrected chi connectivity index (χ4v) is 3.79. The second-order valence-electron chi connectivity index (χ2n) is 9.28. The fourth-order valence-electron chi connectivity index (χ4n) is 3.79. The van der Waals surface area contributed by atoms with E-state index in [0.717, 1.165) is 11.8 Å². The van der Waals surface area contributed by atoms with Gasteiger partial charge in [0.15, 0.2) is 0 Å². The highest BCUT2D eigenvalue weighted by Gasteiger charge is 2.19. The molecule has 0 aromatic carbocycles. The summed E-state index contributed by atoms with van der Waals surface area (Å²) in [5.74, 6) is 1.60. The first-order chi connectivity index (χ1) is 11.1. The number of nitrogens with zero attached hydrogens (tertiary/aromatic N) is 2. The highest BCUT2D eigenvalue weighted by molar-refractivity contribution is 4.74. The molecule has 2 heteroatoms. The SMILES string of the molecule is CC(C)CCN(C(C)C)C(C)CCCC(C)CN(C(C)C)C(C)C. The second-order valence-corrected chi connectivity index (χ2v) is 9.28. The van der Waals surface area contributed by atoms with E-state index in [1.807, 2.05) is 0 Å². The van der Waals surface area contributed by atoms with Crippen molar-refractivity contribution in [3.8, 4) is 0 Å². The van der Waals surface area contributed by atoms with Crippen LogP contribution in [0.1, 0.15) is 94.9 Å². The fraction of sp³-hybridized carbons (Fsp3) is 1.00. The third kappa shape index (κ3) is 10.0. The molecule has 24 heavy (non-hydrogen) atoms. The Morgan fingerprint density at radius 2 is 1.08 bits per heavy atom. The summed E-state index contributed by atoms with van der Waals surface area (Å²) in [4.78, 5) is 5.34. The Hall–Kier alpha value is -0.0800. The zero-order valence-corrected chi connectivity index (χ0v) is 18.6. The lowest BCUT2D eigenvalue weighted by Crippen LogP contribution is -2.40. The van der Waals surface area contributed by atoms with Crippen molar-refractivity contribution in [2.45, 2.75) is 119 Å². The van der Waals surface area contributed by atoms with Crippen LogP contribution in [-0.4, -0.2) is 47.1 Å². The predicted octanol–water partition coefficient (Wildman–Crippen LogP) is 6.06. The Balaban J connectivity index is 4.26. The van der Waals surface area contributed by atoms with Crippen LogP contribution in [0, 0.1) is 11.8 Å². The van der Waals surface area contributed by atoms with Crippen molar-refractivity contribution >= 4 is 0 Å². The van der Waals surface area contributed by atoms with E-state index >= 15 is 0 Å². The maximum Gasteiger partial charge on any atom is 0.00696 e. The first kappa shape index (κ1) is 23.9. The molecule has 0 bridgehead atoms. The number of hydrogen-bond acceptors (Lipinski definition) is 2. The van der Waals surface area contributed by atoms with E-state index in [2.05, 4.69) is 79.0 Å². The molecule has 0 saturated carbocycles. The van der Waals surface area contributed by atoms with Crippen LogP contribution in [0.25, 0.3) is 0 Å². The van der Waals surface area contributed by atoms with Gasteiger partial charge in [0.2, 0.25) is 0 Å². The lowest BCUT2D eigenvalue weighted by atomic mass is 9.99. The van der Waals surface area contributed by atoms with E-state index in [1.54, 1.807) is 0 Å². The van der Waals surface area contributed by atoms with Gasteiger partial charge in [0.1, 0.15) is 0 Å². The van der Waals surface area contributed by atoms with Gasteiger partial charge in [-0.15, -0.1) is 0 Å². The minimum atomic E-state index is 0.652. The molecule has 0 fully saturated rings. The van der Waals surface area contributed by atoms with E-state index in [9.17, 15) is 0 Å². The molecule has 2 unspecified atom stereocenters. The number of rotatable bonds is 13. The quantitative estimate of drug-likeness (QED) is 0.402. The monoisotopic (exact) mass is 340 g/mol. The topological polar surface area (TPSA) is 6.48 Å². The molecular formula is C22H48N2. The van der Waals surface area contributed by atoms with Crippen LogP contribution in [0.15, 0.2) is 0 Å². The van der Waals surface area contributed by atoms with Gasteiger partial charge in [-0.3, -0.25) is 9.80 Å². The van der Waals surface area contributed by atoms with E-state index in [0.29, 0.717) is 24.2 Å². The second kappa shape index (κ2) is 12.3. The molecule has 2 nitrogen and oxygen atoms in total. The predicted molar refractivity (Wildman–Crippen MR) is 111 cm³/mol. The molecule has 146 valence electrons. The number of hydrogen-bond donors (Lipinski definition) is 0. The van der Waals surface area contributed by atoms with Crippen LogP contribution in [0.2, 0.25) is 0 Å². The van der Waals surface area contributed by atoms with Gasteiger partial charge in [0.05, 0.1) is 0 Å². The summed E-state index contributed by atoms with van der Waals surface area (Å²) in [6.07, 6.45) is 5.37. The molecule has 0 saturated heterocycles. The van der Waals surface area contributed by atoms with Gasteiger partial charge in [-0.1, -0.05) is 27.2 Å². The van der Waals surface area contributed by atoms with Crippen LogP contribution in [0.3, 0.4) is 0 Å². The van der Waals surface area contributed by atoms with Crippen LogP contribution in [-0.2, 0) is 0 Å². The smallest absolute Gasteiger partial charge is 0.00696 e. The lowest BCUT2D eigenvalue weighted by Gasteiger charge is -2.34. The third-order valence-electron chi connectivity index (χ3n) is 5.36. The third-order valence-corrected chi connectivity index (χ3v) is 5.36. The van der Waals surface area contributed by atoms with Gasteiger partial charge in [-0.05, 0) is 86.1 Å². The molecule has 0 aliphatic rings. The van der Waals surface area contributed by atoms with Crippen molar-refractivity contribution in [3.05, 3.63) is 0 Å². The van der Waals surface area contributed by atoms with Crippen LogP contribution in [0.5, 0.6) is 0 Å². The maximum absolute atomic E-state index is 2.71. The molecule has 0 aromatic heterocycles. The summed E-state index contributed by atoms with van der Waals surface area (Å²) in [6, 6.07) is 2.67. The highest BCUT2D eigenvalue weighted by Crippen LogP contribution is 2.18. The zero-order valence-electron chi connectivity index (χ0n) is 18.6. The van der Waals surface area contributed by atoms with E-state index in [4.69, 9.17) is 0 Å². The summed E-state index contributed by atoms with van der Waals surface area (Å²) in [6.45, 7) is 26.0. The molecule has 0 heterocycles. The summed E-state index contributed by atoms with van der Waals surface area (Å²) in [5.41, 5.74) is 0. The minimum Gasteiger partial charge on any atom is -0.298 e. The Bertz CT molecular complexity index is 288. The van der Waals surface area contributed by atoms with E-state index in [-0.39, 0.29) is 0 Å². The summed E-state index contributed by atoms with van der Waals surface area (Å²) >= 11 is 0. The van der Waals surface area contributed by atoms with Crippen LogP contribution in [0.4, 0.5) is 0 Å². The average Bonchev–Trinajstić information content (AvgIpc) is 2.43. The van der Waals surface area contributed by atoms with E-state index < -0.39 is 0 Å². The molecule has 2 atom stereocenters. The van der Waals surface area contributed by atoms with Crippen molar-refractivity contribution in [3.63, 3.8) is 0 Å². The Kier molecular flexibility index (Phi) is 12.3. The first-order valence-electron chi connectivity index (χ1n) is 10.6. The van der Waals surface area contributed by atoms with Gasteiger partial charge < -0.3 is 0 Å². The Morgan fingerprint density at radius 1 is 0.583 bits per heavy atom. The maximum atomic E-state index is 2.71. The molecule has 0 radical (unpaired) electrons. The van der Waals surface area contributed by atoms with Crippen molar-refractivity contribution in [2.24, 2.45) is 11.8 Å². The highest BCUT2D eigenvalue weighted by atomic mass is 15.2. The average molecular weight is 341 g/mol. The van der Waals surface area contributed by atoms with Crippen LogP contribution >= 0.6 is 0 Å². The first-order valence-corrected chi connectivity index (χ1v) is 10.6. The summed E-state index contributed by atoms with van der Waals surface area (Å²) in [7, 11) is 0. The van der Waals surface area contributed by atoms with Gasteiger partial charge in [0, 0.05) is 30.7 Å². The molecule has 0 spiro atoms. The van der Waals surface area contributed by atoms with E-state index in [1.165, 1.54) is 38.8 Å². The minimum absolute atomic E-state index is 0.652. The molecule has 0 aliphatic carbocycles. The Labute approximate surface area is 154 Å². The van der Waals surface area contributed by atoms with Crippen molar-refractivity contribution in [1.82, 2.24) is 9.80 Å².